The van der Waals surface area contributed by atoms with Gasteiger partial charge in [-0.25, -0.2) is 0 Å². The van der Waals surface area contributed by atoms with Crippen molar-refractivity contribution >= 4 is 17.9 Å². The van der Waals surface area contributed by atoms with E-state index in [1.807, 2.05) is 0 Å². The molecule has 0 aliphatic carbocycles. The maximum absolute atomic E-state index is 12.9. The van der Waals surface area contributed by atoms with Crippen molar-refractivity contribution in [1.82, 2.24) is 0 Å². The van der Waals surface area contributed by atoms with Gasteiger partial charge in [0.15, 0.2) is 6.10 Å². The Morgan fingerprint density at radius 3 is 0.877 bits per heavy atom. The highest BCUT2D eigenvalue weighted by Gasteiger charge is 2.19. The van der Waals surface area contributed by atoms with Gasteiger partial charge in [-0.3, -0.25) is 14.4 Å². The van der Waals surface area contributed by atoms with Crippen LogP contribution in [-0.2, 0) is 28.6 Å². The van der Waals surface area contributed by atoms with Crippen LogP contribution in [0.2, 0.25) is 0 Å². The van der Waals surface area contributed by atoms with Crippen LogP contribution in [0.3, 0.4) is 0 Å². The molecule has 0 saturated heterocycles. The first-order valence-corrected chi connectivity index (χ1v) is 31.1. The minimum atomic E-state index is -0.798. The zero-order chi connectivity index (χ0) is 52.9. The molecule has 0 aromatic heterocycles. The minimum Gasteiger partial charge on any atom is -0.462 e. The van der Waals surface area contributed by atoms with Gasteiger partial charge < -0.3 is 14.2 Å². The summed E-state index contributed by atoms with van der Waals surface area (Å²) in [6.07, 6.45) is 80.1. The highest BCUT2D eigenvalue weighted by atomic mass is 16.6. The SMILES string of the molecule is CC/C=C\C/C=C\C/C=C\C/C=C\CCCCC(=O)OCC(COC(=O)CCCCCCCCCCC/C=C\C/C=C\CCCCCCC)OC(=O)CCCCCCCCCCC/C=C\CCCCCCCC. The van der Waals surface area contributed by atoms with Crippen molar-refractivity contribution in [1.29, 1.82) is 0 Å². The lowest BCUT2D eigenvalue weighted by molar-refractivity contribution is -0.167. The summed E-state index contributed by atoms with van der Waals surface area (Å²) in [5, 5.41) is 0. The summed E-state index contributed by atoms with van der Waals surface area (Å²) in [6, 6.07) is 0. The molecule has 73 heavy (non-hydrogen) atoms. The molecule has 0 heterocycles. The number of allylic oxidation sites excluding steroid dienone is 14. The molecule has 0 radical (unpaired) electrons. The number of hydrogen-bond donors (Lipinski definition) is 0. The second-order valence-corrected chi connectivity index (χ2v) is 20.6. The van der Waals surface area contributed by atoms with Crippen molar-refractivity contribution in [3.63, 3.8) is 0 Å². The van der Waals surface area contributed by atoms with Gasteiger partial charge in [0.2, 0.25) is 0 Å². The van der Waals surface area contributed by atoms with Crippen LogP contribution in [0.15, 0.2) is 85.1 Å². The lowest BCUT2D eigenvalue weighted by Crippen LogP contribution is -2.30. The van der Waals surface area contributed by atoms with Crippen molar-refractivity contribution in [3.05, 3.63) is 85.1 Å². The molecule has 0 aromatic rings. The van der Waals surface area contributed by atoms with Crippen LogP contribution in [0.4, 0.5) is 0 Å². The van der Waals surface area contributed by atoms with E-state index < -0.39 is 6.10 Å². The third-order valence-corrected chi connectivity index (χ3v) is 13.4. The summed E-state index contributed by atoms with van der Waals surface area (Å²) in [6.45, 7) is 6.50. The number of rotatable bonds is 56. The van der Waals surface area contributed by atoms with Crippen molar-refractivity contribution in [2.24, 2.45) is 0 Å². The van der Waals surface area contributed by atoms with E-state index in [1.54, 1.807) is 0 Å². The van der Waals surface area contributed by atoms with Crippen molar-refractivity contribution in [2.75, 3.05) is 13.2 Å². The van der Waals surface area contributed by atoms with Crippen LogP contribution in [0, 0.1) is 0 Å². The molecule has 0 rings (SSSR count). The molecule has 420 valence electrons. The lowest BCUT2D eigenvalue weighted by atomic mass is 10.1. The standard InChI is InChI=1S/C67H116O6/c1-4-7-10-13-16-19-22-25-28-30-32-33-35-36-39-42-45-48-51-54-57-60-66(69)72-63-64(62-71-65(68)59-56-53-50-47-44-41-38-27-24-21-18-15-12-9-6-3)73-67(70)61-58-55-52-49-46-43-40-37-34-31-29-26-23-20-17-14-11-8-5-2/h9,12,18,21-22,25-27,29-30,32,38,44,47,64H,4-8,10-11,13-17,19-20,23-24,28,31,33-37,39-43,45-46,48-63H2,1-3H3/b12-9-,21-18-,25-22-,29-26-,32-30-,38-27-,47-44-. The normalized spacial score (nSPS) is 12.6. The average molecular weight is 1020 g/mol. The Kier molecular flexibility index (Phi) is 58.3. The van der Waals surface area contributed by atoms with Gasteiger partial charge in [0.25, 0.3) is 0 Å². The minimum absolute atomic E-state index is 0.0920. The summed E-state index contributed by atoms with van der Waals surface area (Å²) < 4.78 is 16.9. The molecule has 0 amide bonds. The van der Waals surface area contributed by atoms with Gasteiger partial charge >= 0.3 is 17.9 Å². The first-order valence-electron chi connectivity index (χ1n) is 31.1. The van der Waals surface area contributed by atoms with Gasteiger partial charge in [-0.15, -0.1) is 0 Å². The average Bonchev–Trinajstić information content (AvgIpc) is 3.39. The van der Waals surface area contributed by atoms with E-state index in [1.165, 1.54) is 173 Å². The van der Waals surface area contributed by atoms with Gasteiger partial charge in [0.1, 0.15) is 13.2 Å². The topological polar surface area (TPSA) is 78.9 Å². The molecular weight excluding hydrogens is 901 g/mol. The molecule has 0 N–H and O–H groups in total. The summed E-state index contributed by atoms with van der Waals surface area (Å²) in [7, 11) is 0. The largest absolute Gasteiger partial charge is 0.462 e. The molecule has 0 bridgehead atoms. The maximum Gasteiger partial charge on any atom is 0.306 e. The molecule has 0 spiro atoms. The molecule has 0 aliphatic rings. The van der Waals surface area contributed by atoms with Gasteiger partial charge in [0, 0.05) is 19.3 Å². The molecule has 6 nitrogen and oxygen atoms in total. The van der Waals surface area contributed by atoms with E-state index in [-0.39, 0.29) is 31.1 Å². The number of esters is 3. The Hall–Kier alpha value is -3.41. The molecule has 0 fully saturated rings. The maximum atomic E-state index is 12.9. The van der Waals surface area contributed by atoms with E-state index in [0.29, 0.717) is 19.3 Å². The van der Waals surface area contributed by atoms with Gasteiger partial charge in [-0.2, -0.15) is 0 Å². The Labute approximate surface area is 452 Å². The zero-order valence-electron chi connectivity index (χ0n) is 48.1. The Bertz CT molecular complexity index is 1400. The van der Waals surface area contributed by atoms with Crippen LogP contribution in [0.25, 0.3) is 0 Å². The third kappa shape index (κ3) is 59.3. The van der Waals surface area contributed by atoms with Crippen LogP contribution < -0.4 is 0 Å². The molecule has 1 atom stereocenters. The monoisotopic (exact) mass is 1020 g/mol. The van der Waals surface area contributed by atoms with E-state index in [2.05, 4.69) is 106 Å². The predicted molar refractivity (Wildman–Crippen MR) is 316 cm³/mol. The number of carbonyl (C=O) groups is 3. The first-order chi connectivity index (χ1) is 36.0. The van der Waals surface area contributed by atoms with Crippen LogP contribution in [-0.4, -0.2) is 37.2 Å². The fraction of sp³-hybridized carbons (Fsp3) is 0.746. The Morgan fingerprint density at radius 1 is 0.288 bits per heavy atom. The van der Waals surface area contributed by atoms with Gasteiger partial charge in [-0.05, 0) is 116 Å². The van der Waals surface area contributed by atoms with Crippen molar-refractivity contribution in [3.8, 4) is 0 Å². The number of unbranched alkanes of at least 4 members (excludes halogenated alkanes) is 31. The first kappa shape index (κ1) is 69.6. The second kappa shape index (κ2) is 61.1. The van der Waals surface area contributed by atoms with Gasteiger partial charge in [-0.1, -0.05) is 254 Å². The molecule has 6 heteroatoms. The highest BCUT2D eigenvalue weighted by Crippen LogP contribution is 2.16. The summed E-state index contributed by atoms with van der Waals surface area (Å²) in [5.41, 5.74) is 0. The summed E-state index contributed by atoms with van der Waals surface area (Å²) >= 11 is 0. The fourth-order valence-corrected chi connectivity index (χ4v) is 8.69. The lowest BCUT2D eigenvalue weighted by Gasteiger charge is -2.18. The van der Waals surface area contributed by atoms with E-state index >= 15 is 0 Å². The van der Waals surface area contributed by atoms with E-state index in [0.717, 1.165) is 89.9 Å². The zero-order valence-corrected chi connectivity index (χ0v) is 48.1. The van der Waals surface area contributed by atoms with Crippen LogP contribution in [0.1, 0.15) is 303 Å². The second-order valence-electron chi connectivity index (χ2n) is 20.6. The van der Waals surface area contributed by atoms with Crippen molar-refractivity contribution in [2.45, 2.75) is 309 Å². The Morgan fingerprint density at radius 2 is 0.534 bits per heavy atom. The quantitative estimate of drug-likeness (QED) is 0.0261. The van der Waals surface area contributed by atoms with E-state index in [4.69, 9.17) is 14.2 Å². The molecule has 0 aromatic carbocycles. The molecule has 0 aliphatic heterocycles. The predicted octanol–water partition coefficient (Wildman–Crippen LogP) is 21.1. The summed E-state index contributed by atoms with van der Waals surface area (Å²) in [4.78, 5) is 38.3. The molecule has 0 saturated carbocycles. The smallest absolute Gasteiger partial charge is 0.306 e. The van der Waals surface area contributed by atoms with Crippen LogP contribution in [0.5, 0.6) is 0 Å². The third-order valence-electron chi connectivity index (χ3n) is 13.4. The number of carbonyl (C=O) groups excluding carboxylic acids is 3. The fourth-order valence-electron chi connectivity index (χ4n) is 8.69. The molecular formula is C67H116O6. The molecule has 1 unspecified atom stereocenters. The number of hydrogen-bond acceptors (Lipinski definition) is 6. The van der Waals surface area contributed by atoms with Gasteiger partial charge in [0.05, 0.1) is 0 Å². The van der Waals surface area contributed by atoms with Crippen molar-refractivity contribution < 1.29 is 28.6 Å². The van der Waals surface area contributed by atoms with Crippen LogP contribution >= 0.6 is 0 Å². The Balaban J connectivity index is 4.41. The summed E-state index contributed by atoms with van der Waals surface area (Å²) in [5.74, 6) is -0.931. The van der Waals surface area contributed by atoms with E-state index in [9.17, 15) is 14.4 Å². The number of ether oxygens (including phenoxy) is 3. The highest BCUT2D eigenvalue weighted by molar-refractivity contribution is 5.71.